The van der Waals surface area contributed by atoms with Gasteiger partial charge in [0.15, 0.2) is 0 Å². The van der Waals surface area contributed by atoms with E-state index in [-0.39, 0.29) is 6.04 Å². The molecule has 2 fully saturated rings. The molecule has 19 heavy (non-hydrogen) atoms. The Hall–Kier alpha value is -1.07. The number of sulfonamides is 1. The summed E-state index contributed by atoms with van der Waals surface area (Å²) in [5, 5.41) is 0. The average Bonchev–Trinajstić information content (AvgIpc) is 2.95. The van der Waals surface area contributed by atoms with E-state index in [1.807, 2.05) is 19.9 Å². The molecule has 2 unspecified atom stereocenters. The first-order valence-electron chi connectivity index (χ1n) is 6.78. The largest absolute Gasteiger partial charge is 0.399 e. The molecule has 1 aliphatic carbocycles. The second kappa shape index (κ2) is 4.21. The predicted octanol–water partition coefficient (Wildman–Crippen LogP) is 2.06. The van der Waals surface area contributed by atoms with E-state index in [9.17, 15) is 8.42 Å². The fourth-order valence-corrected chi connectivity index (χ4v) is 5.50. The van der Waals surface area contributed by atoms with Crippen LogP contribution in [0.4, 0.5) is 5.69 Å². The molecule has 0 radical (unpaired) electrons. The maximum atomic E-state index is 12.8. The second-order valence-corrected chi connectivity index (χ2v) is 7.73. The first-order chi connectivity index (χ1) is 8.89. The van der Waals surface area contributed by atoms with Gasteiger partial charge in [-0.15, -0.1) is 0 Å². The first-order valence-corrected chi connectivity index (χ1v) is 8.22. The van der Waals surface area contributed by atoms with Crippen LogP contribution in [0, 0.1) is 19.8 Å². The van der Waals surface area contributed by atoms with Crippen LogP contribution < -0.4 is 5.73 Å². The topological polar surface area (TPSA) is 63.4 Å². The lowest BCUT2D eigenvalue weighted by Gasteiger charge is -2.27. The number of hydrogen-bond acceptors (Lipinski definition) is 3. The highest BCUT2D eigenvalue weighted by atomic mass is 32.2. The molecule has 0 aromatic heterocycles. The molecule has 1 aromatic carbocycles. The first kappa shape index (κ1) is 12.9. The summed E-state index contributed by atoms with van der Waals surface area (Å²) in [6, 6.07) is 3.63. The van der Waals surface area contributed by atoms with E-state index in [0.717, 1.165) is 24.0 Å². The molecule has 2 N–H and O–H groups in total. The van der Waals surface area contributed by atoms with Crippen molar-refractivity contribution in [3.8, 4) is 0 Å². The third-order valence-corrected chi connectivity index (χ3v) is 6.63. The van der Waals surface area contributed by atoms with Crippen LogP contribution in [0.5, 0.6) is 0 Å². The molecule has 1 aliphatic heterocycles. The quantitative estimate of drug-likeness (QED) is 0.843. The van der Waals surface area contributed by atoms with Crippen molar-refractivity contribution in [2.75, 3.05) is 12.3 Å². The number of rotatable bonds is 2. The highest BCUT2D eigenvalue weighted by molar-refractivity contribution is 7.89. The van der Waals surface area contributed by atoms with Crippen LogP contribution >= 0.6 is 0 Å². The molecule has 2 atom stereocenters. The smallest absolute Gasteiger partial charge is 0.243 e. The Labute approximate surface area is 114 Å². The van der Waals surface area contributed by atoms with E-state index in [4.69, 9.17) is 5.73 Å². The summed E-state index contributed by atoms with van der Waals surface area (Å²) in [6.45, 7) is 4.44. The molecule has 0 amide bonds. The summed E-state index contributed by atoms with van der Waals surface area (Å²) >= 11 is 0. The van der Waals surface area contributed by atoms with Gasteiger partial charge in [0.1, 0.15) is 0 Å². The van der Waals surface area contributed by atoms with Crippen LogP contribution in [0.25, 0.3) is 0 Å². The summed E-state index contributed by atoms with van der Waals surface area (Å²) in [7, 11) is -3.39. The Kier molecular flexibility index (Phi) is 2.87. The van der Waals surface area contributed by atoms with Crippen LogP contribution in [-0.2, 0) is 10.0 Å². The molecule has 2 aliphatic rings. The number of nitrogens with zero attached hydrogens (tertiary/aromatic N) is 1. The highest BCUT2D eigenvalue weighted by Crippen LogP contribution is 2.41. The zero-order valence-corrected chi connectivity index (χ0v) is 12.2. The summed E-state index contributed by atoms with van der Waals surface area (Å²) in [5.74, 6) is 0.558. The van der Waals surface area contributed by atoms with Gasteiger partial charge in [-0.3, -0.25) is 0 Å². The number of aryl methyl sites for hydroxylation is 1. The predicted molar refractivity (Wildman–Crippen MR) is 75.3 cm³/mol. The summed E-state index contributed by atoms with van der Waals surface area (Å²) in [5.41, 5.74) is 8.09. The molecule has 3 rings (SSSR count). The van der Waals surface area contributed by atoms with Gasteiger partial charge in [0.2, 0.25) is 10.0 Å². The van der Waals surface area contributed by atoms with Gasteiger partial charge in [0.05, 0.1) is 4.90 Å². The zero-order chi connectivity index (χ0) is 13.8. The van der Waals surface area contributed by atoms with Gasteiger partial charge in [-0.05, 0) is 62.3 Å². The number of anilines is 1. The maximum absolute atomic E-state index is 12.8. The van der Waals surface area contributed by atoms with Crippen LogP contribution in [-0.4, -0.2) is 25.3 Å². The minimum atomic E-state index is -3.39. The number of hydrogen-bond donors (Lipinski definition) is 1. The Bertz CT molecular complexity index is 625. The van der Waals surface area contributed by atoms with Gasteiger partial charge in [0.25, 0.3) is 0 Å². The summed E-state index contributed by atoms with van der Waals surface area (Å²) in [6.07, 6.45) is 3.20. The lowest BCUT2D eigenvalue weighted by molar-refractivity contribution is 0.333. The van der Waals surface area contributed by atoms with Crippen molar-refractivity contribution in [1.29, 1.82) is 0 Å². The molecule has 1 aromatic rings. The number of nitrogens with two attached hydrogens (primary N) is 1. The number of nitrogen functional groups attached to an aromatic ring is 1. The van der Waals surface area contributed by atoms with Crippen LogP contribution in [0.15, 0.2) is 17.0 Å². The van der Waals surface area contributed by atoms with Gasteiger partial charge < -0.3 is 5.73 Å². The van der Waals surface area contributed by atoms with Gasteiger partial charge in [0, 0.05) is 18.3 Å². The van der Waals surface area contributed by atoms with E-state index in [2.05, 4.69) is 0 Å². The van der Waals surface area contributed by atoms with E-state index in [0.29, 0.717) is 23.0 Å². The fraction of sp³-hybridized carbons (Fsp3) is 0.571. The normalized spacial score (nSPS) is 27.1. The van der Waals surface area contributed by atoms with Crippen LogP contribution in [0.1, 0.15) is 30.4 Å². The Balaban J connectivity index is 2.06. The standard InChI is InChI=1S/C14H20N2O2S/c1-9-5-12(15)7-14(10(9)2)19(17,18)16-8-11-3-4-13(16)6-11/h5,7,11,13H,3-4,6,8,15H2,1-2H3. The maximum Gasteiger partial charge on any atom is 0.243 e. The van der Waals surface area contributed by atoms with Crippen molar-refractivity contribution in [3.05, 3.63) is 23.3 Å². The number of piperidine rings is 1. The van der Waals surface area contributed by atoms with E-state index in [1.54, 1.807) is 10.4 Å². The van der Waals surface area contributed by atoms with Gasteiger partial charge in [-0.1, -0.05) is 0 Å². The van der Waals surface area contributed by atoms with Crippen molar-refractivity contribution in [2.24, 2.45) is 5.92 Å². The van der Waals surface area contributed by atoms with Gasteiger partial charge in [-0.25, -0.2) is 8.42 Å². The van der Waals surface area contributed by atoms with Gasteiger partial charge in [-0.2, -0.15) is 4.31 Å². The molecule has 2 bridgehead atoms. The SMILES string of the molecule is Cc1cc(N)cc(S(=O)(=O)N2CC3CCC2C3)c1C. The molecule has 1 heterocycles. The average molecular weight is 280 g/mol. The van der Waals surface area contributed by atoms with E-state index >= 15 is 0 Å². The lowest BCUT2D eigenvalue weighted by Crippen LogP contribution is -2.38. The van der Waals surface area contributed by atoms with Crippen LogP contribution in [0.3, 0.4) is 0 Å². The number of benzene rings is 1. The summed E-state index contributed by atoms with van der Waals surface area (Å²) < 4.78 is 27.3. The third-order valence-electron chi connectivity index (χ3n) is 4.59. The highest BCUT2D eigenvalue weighted by Gasteiger charge is 2.44. The molecule has 104 valence electrons. The molecule has 1 saturated carbocycles. The van der Waals surface area contributed by atoms with Crippen molar-refractivity contribution in [3.63, 3.8) is 0 Å². The third kappa shape index (κ3) is 1.96. The second-order valence-electron chi connectivity index (χ2n) is 5.87. The molecule has 1 saturated heterocycles. The van der Waals surface area contributed by atoms with Crippen molar-refractivity contribution in [2.45, 2.75) is 44.0 Å². The van der Waals surface area contributed by atoms with Crippen molar-refractivity contribution >= 4 is 15.7 Å². The number of fused-ring (bicyclic) bond motifs is 2. The Morgan fingerprint density at radius 3 is 2.58 bits per heavy atom. The van der Waals surface area contributed by atoms with Crippen molar-refractivity contribution < 1.29 is 8.42 Å². The molecule has 4 nitrogen and oxygen atoms in total. The fourth-order valence-electron chi connectivity index (χ4n) is 3.42. The minimum absolute atomic E-state index is 0.205. The molecule has 0 spiro atoms. The molecular formula is C14H20N2O2S. The van der Waals surface area contributed by atoms with E-state index < -0.39 is 10.0 Å². The molecule has 5 heteroatoms. The Morgan fingerprint density at radius 1 is 1.26 bits per heavy atom. The Morgan fingerprint density at radius 2 is 2.00 bits per heavy atom. The van der Waals surface area contributed by atoms with Crippen LogP contribution in [0.2, 0.25) is 0 Å². The van der Waals surface area contributed by atoms with Gasteiger partial charge >= 0.3 is 0 Å². The zero-order valence-electron chi connectivity index (χ0n) is 11.4. The lowest BCUT2D eigenvalue weighted by atomic mass is 10.1. The monoisotopic (exact) mass is 280 g/mol. The summed E-state index contributed by atoms with van der Waals surface area (Å²) in [4.78, 5) is 0.387. The van der Waals surface area contributed by atoms with Crippen molar-refractivity contribution in [1.82, 2.24) is 4.31 Å². The van der Waals surface area contributed by atoms with E-state index in [1.165, 1.54) is 6.42 Å². The minimum Gasteiger partial charge on any atom is -0.399 e. The molecular weight excluding hydrogens is 260 g/mol.